The number of terminal acetylenes is 1. The van der Waals surface area contributed by atoms with Crippen LogP contribution in [0.15, 0.2) is 0 Å². The zero-order chi connectivity index (χ0) is 10.1. The molecule has 3 atom stereocenters. The molecule has 1 rings (SSSR count). The van der Waals surface area contributed by atoms with Gasteiger partial charge in [0.2, 0.25) is 0 Å². The molecule has 0 bridgehead atoms. The predicted molar refractivity (Wildman–Crippen MR) is 45.8 cm³/mol. The molecule has 0 radical (unpaired) electrons. The van der Waals surface area contributed by atoms with Crippen LogP contribution in [0.4, 0.5) is 0 Å². The molecular formula is C9H14O4. The summed E-state index contributed by atoms with van der Waals surface area (Å²) in [5, 5.41) is 18.1. The van der Waals surface area contributed by atoms with Crippen LogP contribution in [-0.4, -0.2) is 40.9 Å². The van der Waals surface area contributed by atoms with Crippen LogP contribution in [0.3, 0.4) is 0 Å². The van der Waals surface area contributed by atoms with Crippen LogP contribution < -0.4 is 0 Å². The van der Waals surface area contributed by atoms with E-state index in [-0.39, 0.29) is 6.61 Å². The van der Waals surface area contributed by atoms with Gasteiger partial charge in [-0.05, 0) is 13.8 Å². The Morgan fingerprint density at radius 1 is 1.54 bits per heavy atom. The van der Waals surface area contributed by atoms with Crippen molar-refractivity contribution < 1.29 is 19.7 Å². The molecule has 4 heteroatoms. The minimum Gasteiger partial charge on any atom is -0.394 e. The number of hydrogen-bond acceptors (Lipinski definition) is 4. The quantitative estimate of drug-likeness (QED) is 0.570. The summed E-state index contributed by atoms with van der Waals surface area (Å²) in [4.78, 5) is 0. The second-order valence-electron chi connectivity index (χ2n) is 3.44. The van der Waals surface area contributed by atoms with Gasteiger partial charge in [-0.25, -0.2) is 0 Å². The number of hydrogen-bond donors (Lipinski definition) is 2. The molecule has 2 N–H and O–H groups in total. The monoisotopic (exact) mass is 186 g/mol. The smallest absolute Gasteiger partial charge is 0.165 e. The molecule has 0 aromatic carbocycles. The Morgan fingerprint density at radius 2 is 2.15 bits per heavy atom. The summed E-state index contributed by atoms with van der Waals surface area (Å²) in [6.07, 6.45) is 2.94. The Labute approximate surface area is 77.5 Å². The first-order valence-corrected chi connectivity index (χ1v) is 4.11. The molecule has 0 saturated carbocycles. The van der Waals surface area contributed by atoms with Gasteiger partial charge in [0.15, 0.2) is 5.79 Å². The fraction of sp³-hybridized carbons (Fsp3) is 0.778. The van der Waals surface area contributed by atoms with E-state index < -0.39 is 24.1 Å². The van der Waals surface area contributed by atoms with Crippen LogP contribution in [0.1, 0.15) is 13.8 Å². The van der Waals surface area contributed by atoms with Crippen molar-refractivity contribution in [2.45, 2.75) is 37.9 Å². The Morgan fingerprint density at radius 3 is 2.62 bits per heavy atom. The molecule has 0 aliphatic carbocycles. The molecule has 0 spiro atoms. The summed E-state index contributed by atoms with van der Waals surface area (Å²) in [6.45, 7) is 3.03. The first kappa shape index (κ1) is 10.5. The van der Waals surface area contributed by atoms with Gasteiger partial charge in [0.25, 0.3) is 0 Å². The van der Waals surface area contributed by atoms with Gasteiger partial charge in [0.1, 0.15) is 18.3 Å². The maximum atomic E-state index is 9.34. The van der Waals surface area contributed by atoms with Crippen molar-refractivity contribution in [1.29, 1.82) is 0 Å². The summed E-state index contributed by atoms with van der Waals surface area (Å²) in [5.41, 5.74) is 0. The molecule has 1 saturated heterocycles. The third-order valence-corrected chi connectivity index (χ3v) is 1.86. The largest absolute Gasteiger partial charge is 0.394 e. The number of aliphatic hydroxyl groups is 2. The van der Waals surface area contributed by atoms with E-state index in [1.165, 1.54) is 0 Å². The highest BCUT2D eigenvalue weighted by Gasteiger charge is 2.43. The lowest BCUT2D eigenvalue weighted by atomic mass is 10.1. The fourth-order valence-corrected chi connectivity index (χ4v) is 1.30. The Balaban J connectivity index is 2.70. The Kier molecular flexibility index (Phi) is 2.94. The Hall–Kier alpha value is -0.600. The SMILES string of the molecule is C#C[C@@H]1OC(C)(C)O[C@H]1[C@H](O)CO. The topological polar surface area (TPSA) is 58.9 Å². The number of ether oxygens (including phenoxy) is 2. The lowest BCUT2D eigenvalue weighted by molar-refractivity contribution is -0.155. The van der Waals surface area contributed by atoms with E-state index >= 15 is 0 Å². The van der Waals surface area contributed by atoms with Gasteiger partial charge in [-0.2, -0.15) is 0 Å². The molecule has 1 fully saturated rings. The van der Waals surface area contributed by atoms with Crippen molar-refractivity contribution in [3.05, 3.63) is 0 Å². The highest BCUT2D eigenvalue weighted by Crippen LogP contribution is 2.29. The molecule has 1 aliphatic rings. The molecule has 0 unspecified atom stereocenters. The molecule has 74 valence electrons. The minimum atomic E-state index is -0.997. The van der Waals surface area contributed by atoms with E-state index in [0.29, 0.717) is 0 Å². The standard InChI is InChI=1S/C9H14O4/c1-4-7-8(6(11)5-10)13-9(2,3)12-7/h1,6-8,10-11H,5H2,2-3H3/t6-,7+,8+/m1/s1. The summed E-state index contributed by atoms with van der Waals surface area (Å²) in [7, 11) is 0. The second kappa shape index (κ2) is 3.64. The van der Waals surface area contributed by atoms with Crippen LogP contribution in [-0.2, 0) is 9.47 Å². The number of rotatable bonds is 2. The van der Waals surface area contributed by atoms with Gasteiger partial charge >= 0.3 is 0 Å². The molecule has 1 heterocycles. The predicted octanol–water partition coefficient (Wildman–Crippen LogP) is -0.507. The van der Waals surface area contributed by atoms with Crippen molar-refractivity contribution in [3.63, 3.8) is 0 Å². The maximum Gasteiger partial charge on any atom is 0.165 e. The van der Waals surface area contributed by atoms with Crippen LogP contribution in [0, 0.1) is 12.3 Å². The average Bonchev–Trinajstić information content (AvgIpc) is 2.39. The van der Waals surface area contributed by atoms with E-state index in [1.54, 1.807) is 13.8 Å². The van der Waals surface area contributed by atoms with Crippen LogP contribution in [0.25, 0.3) is 0 Å². The molecular weight excluding hydrogens is 172 g/mol. The minimum absolute atomic E-state index is 0.387. The molecule has 0 amide bonds. The second-order valence-corrected chi connectivity index (χ2v) is 3.44. The zero-order valence-corrected chi connectivity index (χ0v) is 7.73. The first-order chi connectivity index (χ1) is 6.00. The van der Waals surface area contributed by atoms with Crippen molar-refractivity contribution in [3.8, 4) is 12.3 Å². The van der Waals surface area contributed by atoms with Gasteiger partial charge in [-0.15, -0.1) is 6.42 Å². The molecule has 0 aromatic heterocycles. The van der Waals surface area contributed by atoms with E-state index in [9.17, 15) is 5.11 Å². The van der Waals surface area contributed by atoms with E-state index in [0.717, 1.165) is 0 Å². The maximum absolute atomic E-state index is 9.34. The van der Waals surface area contributed by atoms with Gasteiger partial charge in [-0.1, -0.05) is 5.92 Å². The normalized spacial score (nSPS) is 34.1. The average molecular weight is 186 g/mol. The molecule has 0 aromatic rings. The van der Waals surface area contributed by atoms with Crippen LogP contribution >= 0.6 is 0 Å². The van der Waals surface area contributed by atoms with E-state index in [1.807, 2.05) is 0 Å². The van der Waals surface area contributed by atoms with Gasteiger partial charge in [0, 0.05) is 0 Å². The zero-order valence-electron chi connectivity index (χ0n) is 7.73. The van der Waals surface area contributed by atoms with Crippen molar-refractivity contribution in [2.75, 3.05) is 6.61 Å². The van der Waals surface area contributed by atoms with Crippen molar-refractivity contribution in [2.24, 2.45) is 0 Å². The molecule has 1 aliphatic heterocycles. The summed E-state index contributed by atoms with van der Waals surface area (Å²) in [6, 6.07) is 0. The van der Waals surface area contributed by atoms with Crippen LogP contribution in [0.2, 0.25) is 0 Å². The molecule has 4 nitrogen and oxygen atoms in total. The third kappa shape index (κ3) is 2.20. The highest BCUT2D eigenvalue weighted by molar-refractivity contribution is 5.04. The summed E-state index contributed by atoms with van der Waals surface area (Å²) in [5.74, 6) is 1.57. The van der Waals surface area contributed by atoms with Gasteiger partial charge < -0.3 is 19.7 Å². The number of aliphatic hydroxyl groups excluding tert-OH is 2. The molecule has 13 heavy (non-hydrogen) atoms. The summed E-state index contributed by atoms with van der Waals surface area (Å²) < 4.78 is 10.6. The van der Waals surface area contributed by atoms with Gasteiger partial charge in [0.05, 0.1) is 6.61 Å². The Bertz CT molecular complexity index is 218. The van der Waals surface area contributed by atoms with Crippen molar-refractivity contribution in [1.82, 2.24) is 0 Å². The van der Waals surface area contributed by atoms with E-state index in [2.05, 4.69) is 5.92 Å². The lowest BCUT2D eigenvalue weighted by Crippen LogP contribution is -2.37. The third-order valence-electron chi connectivity index (χ3n) is 1.86. The van der Waals surface area contributed by atoms with Crippen LogP contribution in [0.5, 0.6) is 0 Å². The lowest BCUT2D eigenvalue weighted by Gasteiger charge is -2.18. The van der Waals surface area contributed by atoms with E-state index in [4.69, 9.17) is 21.0 Å². The van der Waals surface area contributed by atoms with Crippen molar-refractivity contribution >= 4 is 0 Å². The fourth-order valence-electron chi connectivity index (χ4n) is 1.30. The van der Waals surface area contributed by atoms with Gasteiger partial charge in [-0.3, -0.25) is 0 Å². The summed E-state index contributed by atoms with van der Waals surface area (Å²) >= 11 is 0. The highest BCUT2D eigenvalue weighted by atomic mass is 16.8. The first-order valence-electron chi connectivity index (χ1n) is 4.11.